The first-order valence-corrected chi connectivity index (χ1v) is 11.6. The average molecular weight is 478 g/mol. The highest BCUT2D eigenvalue weighted by Gasteiger charge is 2.39. The van der Waals surface area contributed by atoms with E-state index in [1.165, 1.54) is 12.4 Å². The minimum Gasteiger partial charge on any atom is -0.393 e. The molecule has 1 aromatic carbocycles. The van der Waals surface area contributed by atoms with E-state index in [4.69, 9.17) is 5.73 Å². The highest BCUT2D eigenvalue weighted by Crippen LogP contribution is 2.36. The van der Waals surface area contributed by atoms with E-state index in [0.29, 0.717) is 31.1 Å². The summed E-state index contributed by atoms with van der Waals surface area (Å²) in [6.07, 6.45) is 2.66. The van der Waals surface area contributed by atoms with Gasteiger partial charge in [-0.1, -0.05) is 6.08 Å². The Labute approximate surface area is 196 Å². The molecule has 0 spiro atoms. The third-order valence-corrected chi connectivity index (χ3v) is 7.08. The molecule has 0 radical (unpaired) electrons. The predicted molar refractivity (Wildman–Crippen MR) is 123 cm³/mol. The summed E-state index contributed by atoms with van der Waals surface area (Å²) >= 11 is 0. The highest BCUT2D eigenvalue weighted by atomic mass is 19.4. The molecule has 2 fully saturated rings. The zero-order valence-electron chi connectivity index (χ0n) is 18.9. The van der Waals surface area contributed by atoms with Gasteiger partial charge in [0.05, 0.1) is 29.8 Å². The molecule has 184 valence electrons. The maximum atomic E-state index is 13.3. The van der Waals surface area contributed by atoms with Gasteiger partial charge in [-0.15, -0.1) is 6.58 Å². The molecule has 1 saturated carbocycles. The van der Waals surface area contributed by atoms with E-state index in [1.54, 1.807) is 11.0 Å². The van der Waals surface area contributed by atoms with Crippen molar-refractivity contribution in [1.29, 1.82) is 0 Å². The zero-order valence-corrected chi connectivity index (χ0v) is 18.9. The van der Waals surface area contributed by atoms with Crippen molar-refractivity contribution in [2.75, 3.05) is 24.5 Å². The molecule has 2 aromatic rings. The number of anilines is 1. The standard InChI is InChI=1S/C24H30F3N5O2/c1-2-3-21(33)15-4-7-17(8-5-15)31-11-18(12-31)32(13-22(28)34)23-19-10-16(24(25,26)27)6-9-20(19)29-14-30-23/h2,6,9-10,14-15,17-18,21,33H,1,3-5,7-8,11-13H2,(H2,28,34). The summed E-state index contributed by atoms with van der Waals surface area (Å²) in [6, 6.07) is 3.63. The first kappa shape index (κ1) is 24.4. The number of hydrogen-bond acceptors (Lipinski definition) is 6. The number of nitrogens with two attached hydrogens (primary N) is 1. The summed E-state index contributed by atoms with van der Waals surface area (Å²) in [5, 5.41) is 10.5. The molecule has 3 N–H and O–H groups in total. The zero-order chi connectivity index (χ0) is 24.5. The molecule has 34 heavy (non-hydrogen) atoms. The quantitative estimate of drug-likeness (QED) is 0.568. The average Bonchev–Trinajstić information content (AvgIpc) is 2.76. The Bertz CT molecular complexity index is 1030. The van der Waals surface area contributed by atoms with Crippen LogP contribution in [0.4, 0.5) is 19.0 Å². The fourth-order valence-electron chi connectivity index (χ4n) is 5.19. The van der Waals surface area contributed by atoms with Crippen molar-refractivity contribution in [3.8, 4) is 0 Å². The number of carbonyl (C=O) groups excluding carboxylic acids is 1. The molecule has 1 saturated heterocycles. The topological polar surface area (TPSA) is 95.6 Å². The minimum atomic E-state index is -4.50. The number of fused-ring (bicyclic) bond motifs is 1. The molecule has 2 aliphatic rings. The Kier molecular flexibility index (Phi) is 7.09. The maximum absolute atomic E-state index is 13.3. The van der Waals surface area contributed by atoms with Crippen LogP contribution in [-0.2, 0) is 11.0 Å². The number of nitrogens with zero attached hydrogens (tertiary/aromatic N) is 4. The van der Waals surface area contributed by atoms with E-state index in [1.807, 2.05) is 0 Å². The summed E-state index contributed by atoms with van der Waals surface area (Å²) < 4.78 is 39.9. The van der Waals surface area contributed by atoms with Crippen LogP contribution in [-0.4, -0.2) is 63.7 Å². The van der Waals surface area contributed by atoms with Gasteiger partial charge in [-0.25, -0.2) is 9.97 Å². The van der Waals surface area contributed by atoms with Crippen molar-refractivity contribution in [1.82, 2.24) is 14.9 Å². The third kappa shape index (κ3) is 5.17. The largest absolute Gasteiger partial charge is 0.416 e. The van der Waals surface area contributed by atoms with Gasteiger partial charge >= 0.3 is 6.18 Å². The summed E-state index contributed by atoms with van der Waals surface area (Å²) in [5.74, 6) is -0.00222. The Morgan fingerprint density at radius 1 is 1.26 bits per heavy atom. The Morgan fingerprint density at radius 2 is 1.97 bits per heavy atom. The van der Waals surface area contributed by atoms with Gasteiger partial charge in [0.15, 0.2) is 0 Å². The van der Waals surface area contributed by atoms with Crippen LogP contribution in [0.3, 0.4) is 0 Å². The number of carbonyl (C=O) groups is 1. The van der Waals surface area contributed by atoms with Crippen LogP contribution in [0.15, 0.2) is 37.2 Å². The van der Waals surface area contributed by atoms with Gasteiger partial charge in [0.1, 0.15) is 12.1 Å². The van der Waals surface area contributed by atoms with Crippen LogP contribution in [0.1, 0.15) is 37.7 Å². The van der Waals surface area contributed by atoms with Crippen molar-refractivity contribution in [3.63, 3.8) is 0 Å². The SMILES string of the molecule is C=CCC(O)C1CCC(N2CC(N(CC(N)=O)c3ncnc4ccc(C(F)(F)F)cc34)C2)CC1. The highest BCUT2D eigenvalue weighted by molar-refractivity contribution is 5.92. The molecule has 0 bridgehead atoms. The second-order valence-electron chi connectivity index (χ2n) is 9.29. The Balaban J connectivity index is 1.49. The van der Waals surface area contributed by atoms with Crippen molar-refractivity contribution in [2.24, 2.45) is 11.7 Å². The van der Waals surface area contributed by atoms with E-state index >= 15 is 0 Å². The van der Waals surface area contributed by atoms with Gasteiger partial charge in [-0.3, -0.25) is 9.69 Å². The lowest BCUT2D eigenvalue weighted by Crippen LogP contribution is -2.64. The number of primary amides is 1. The summed E-state index contributed by atoms with van der Waals surface area (Å²) in [5.41, 5.74) is 5.07. The minimum absolute atomic E-state index is 0.0933. The van der Waals surface area contributed by atoms with Crippen LogP contribution in [0, 0.1) is 5.92 Å². The third-order valence-electron chi connectivity index (χ3n) is 7.08. The monoisotopic (exact) mass is 477 g/mol. The molecule has 1 atom stereocenters. The van der Waals surface area contributed by atoms with Crippen LogP contribution in [0.5, 0.6) is 0 Å². The van der Waals surface area contributed by atoms with Gasteiger partial charge in [0.2, 0.25) is 5.91 Å². The normalized spacial score (nSPS) is 22.8. The Morgan fingerprint density at radius 3 is 2.59 bits per heavy atom. The first-order valence-electron chi connectivity index (χ1n) is 11.6. The number of amides is 1. The predicted octanol–water partition coefficient (Wildman–Crippen LogP) is 3.12. The maximum Gasteiger partial charge on any atom is 0.416 e. The van der Waals surface area contributed by atoms with Crippen LogP contribution >= 0.6 is 0 Å². The van der Waals surface area contributed by atoms with Gasteiger partial charge in [0, 0.05) is 24.5 Å². The summed E-state index contributed by atoms with van der Waals surface area (Å²) in [4.78, 5) is 24.2. The molecule has 4 rings (SSSR count). The van der Waals surface area contributed by atoms with Crippen molar-refractivity contribution < 1.29 is 23.1 Å². The van der Waals surface area contributed by atoms with Gasteiger partial charge < -0.3 is 15.7 Å². The Hall–Kier alpha value is -2.72. The fourth-order valence-corrected chi connectivity index (χ4v) is 5.19. The van der Waals surface area contributed by atoms with Crippen molar-refractivity contribution >= 4 is 22.6 Å². The van der Waals surface area contributed by atoms with Crippen LogP contribution in [0.25, 0.3) is 10.9 Å². The lowest BCUT2D eigenvalue weighted by Gasteiger charge is -2.50. The molecule has 1 unspecified atom stereocenters. The smallest absolute Gasteiger partial charge is 0.393 e. The van der Waals surface area contributed by atoms with Crippen molar-refractivity contribution in [3.05, 3.63) is 42.7 Å². The molecule has 1 amide bonds. The lowest BCUT2D eigenvalue weighted by atomic mass is 9.80. The number of benzene rings is 1. The molecular formula is C24H30F3N5O2. The molecule has 1 aromatic heterocycles. The number of halogens is 3. The molecule has 10 heteroatoms. The summed E-state index contributed by atoms with van der Waals surface area (Å²) in [6.45, 7) is 4.90. The fraction of sp³-hybridized carbons (Fsp3) is 0.542. The van der Waals surface area contributed by atoms with Crippen LogP contribution < -0.4 is 10.6 Å². The van der Waals surface area contributed by atoms with E-state index in [2.05, 4.69) is 21.4 Å². The van der Waals surface area contributed by atoms with E-state index in [9.17, 15) is 23.1 Å². The van der Waals surface area contributed by atoms with Crippen LogP contribution in [0.2, 0.25) is 0 Å². The number of aliphatic hydroxyl groups excluding tert-OH is 1. The second kappa shape index (κ2) is 9.87. The second-order valence-corrected chi connectivity index (χ2v) is 9.29. The molecule has 7 nitrogen and oxygen atoms in total. The van der Waals surface area contributed by atoms with Gasteiger partial charge in [0.25, 0.3) is 0 Å². The lowest BCUT2D eigenvalue weighted by molar-refractivity contribution is -0.137. The first-order chi connectivity index (χ1) is 16.2. The number of aliphatic hydroxyl groups is 1. The number of rotatable bonds is 8. The molecule has 1 aliphatic carbocycles. The number of alkyl halides is 3. The van der Waals surface area contributed by atoms with Gasteiger partial charge in [-0.2, -0.15) is 13.2 Å². The van der Waals surface area contributed by atoms with E-state index < -0.39 is 17.6 Å². The van der Waals surface area contributed by atoms with Gasteiger partial charge in [-0.05, 0) is 56.2 Å². The number of hydrogen-bond donors (Lipinski definition) is 2. The van der Waals surface area contributed by atoms with E-state index in [0.717, 1.165) is 37.8 Å². The molecule has 2 heterocycles. The molecule has 1 aliphatic heterocycles. The molecular weight excluding hydrogens is 447 g/mol. The van der Waals surface area contributed by atoms with Crippen molar-refractivity contribution in [2.45, 2.75) is 56.5 Å². The number of likely N-dealkylation sites (tertiary alicyclic amines) is 1. The van der Waals surface area contributed by atoms with E-state index in [-0.39, 0.29) is 35.8 Å². The number of aromatic nitrogens is 2. The summed E-state index contributed by atoms with van der Waals surface area (Å²) in [7, 11) is 0.